The molecular weight excluding hydrogens is 302 g/mol. The Balaban J connectivity index is 1.94. The molecule has 2 saturated carbocycles. The highest BCUT2D eigenvalue weighted by Crippen LogP contribution is 2.44. The van der Waals surface area contributed by atoms with Crippen molar-refractivity contribution in [1.82, 2.24) is 0 Å². The van der Waals surface area contributed by atoms with E-state index in [2.05, 4.69) is 28.1 Å². The van der Waals surface area contributed by atoms with Crippen LogP contribution in [-0.4, -0.2) is 12.6 Å². The van der Waals surface area contributed by atoms with E-state index in [1.807, 2.05) is 0 Å². The highest BCUT2D eigenvalue weighted by molar-refractivity contribution is 9.10. The van der Waals surface area contributed by atoms with Gasteiger partial charge in [0.15, 0.2) is 0 Å². The van der Waals surface area contributed by atoms with E-state index >= 15 is 0 Å². The molecular formula is C16H22BrNO. The van der Waals surface area contributed by atoms with Gasteiger partial charge in [0.25, 0.3) is 0 Å². The van der Waals surface area contributed by atoms with E-state index in [4.69, 9.17) is 10.5 Å². The summed E-state index contributed by atoms with van der Waals surface area (Å²) < 4.78 is 6.69. The smallest absolute Gasteiger partial charge is 0.136 e. The lowest BCUT2D eigenvalue weighted by atomic mass is 9.93. The average molecular weight is 324 g/mol. The molecule has 0 bridgehead atoms. The van der Waals surface area contributed by atoms with Crippen LogP contribution in [0.25, 0.3) is 0 Å². The third-order valence-corrected chi connectivity index (χ3v) is 5.17. The standard InChI is InChI=1S/C16H22BrNO/c1-19-15-13(12-4-2-3-5-12)8-11(9-14(15)17)10-16(18)6-7-16/h8-9,12H,2-7,10,18H2,1H3. The summed E-state index contributed by atoms with van der Waals surface area (Å²) in [4.78, 5) is 0. The Kier molecular flexibility index (Phi) is 3.61. The zero-order valence-electron chi connectivity index (χ0n) is 11.5. The Bertz CT molecular complexity index is 476. The molecule has 3 rings (SSSR count). The van der Waals surface area contributed by atoms with Gasteiger partial charge < -0.3 is 10.5 Å². The van der Waals surface area contributed by atoms with Crippen LogP contribution in [0.4, 0.5) is 0 Å². The molecule has 2 N–H and O–H groups in total. The summed E-state index contributed by atoms with van der Waals surface area (Å²) in [6, 6.07) is 4.52. The van der Waals surface area contributed by atoms with E-state index in [0.717, 1.165) is 29.5 Å². The average Bonchev–Trinajstić information content (AvgIpc) is 2.91. The molecule has 0 spiro atoms. The zero-order chi connectivity index (χ0) is 13.5. The normalized spacial score (nSPS) is 21.6. The summed E-state index contributed by atoms with van der Waals surface area (Å²) in [6.07, 6.45) is 8.59. The van der Waals surface area contributed by atoms with Gasteiger partial charge in [0.05, 0.1) is 11.6 Å². The van der Waals surface area contributed by atoms with Crippen LogP contribution in [0.2, 0.25) is 0 Å². The van der Waals surface area contributed by atoms with Gasteiger partial charge in [-0.2, -0.15) is 0 Å². The van der Waals surface area contributed by atoms with Gasteiger partial charge in [-0.05, 0) is 71.1 Å². The number of halogens is 1. The van der Waals surface area contributed by atoms with Crippen LogP contribution in [0, 0.1) is 0 Å². The lowest BCUT2D eigenvalue weighted by Gasteiger charge is -2.19. The van der Waals surface area contributed by atoms with Gasteiger partial charge in [-0.1, -0.05) is 18.9 Å². The van der Waals surface area contributed by atoms with E-state index in [-0.39, 0.29) is 5.54 Å². The Labute approximate surface area is 123 Å². The summed E-state index contributed by atoms with van der Waals surface area (Å²) in [7, 11) is 1.77. The van der Waals surface area contributed by atoms with Crippen molar-refractivity contribution < 1.29 is 4.74 Å². The molecule has 0 heterocycles. The number of methoxy groups -OCH3 is 1. The maximum absolute atomic E-state index is 6.26. The molecule has 1 aromatic carbocycles. The van der Waals surface area contributed by atoms with Gasteiger partial charge in [-0.25, -0.2) is 0 Å². The molecule has 2 aliphatic carbocycles. The minimum atomic E-state index is 0.0704. The Hall–Kier alpha value is -0.540. The van der Waals surface area contributed by atoms with Crippen molar-refractivity contribution in [1.29, 1.82) is 0 Å². The molecule has 0 aliphatic heterocycles. The molecule has 2 nitrogen and oxygen atoms in total. The second-order valence-corrected chi connectivity index (χ2v) is 7.07. The van der Waals surface area contributed by atoms with Crippen LogP contribution in [-0.2, 0) is 6.42 Å². The molecule has 0 aromatic heterocycles. The second kappa shape index (κ2) is 5.10. The number of ether oxygens (including phenoxy) is 1. The first-order valence-corrected chi connectivity index (χ1v) is 8.06. The van der Waals surface area contributed by atoms with Gasteiger partial charge in [-0.3, -0.25) is 0 Å². The van der Waals surface area contributed by atoms with Crippen molar-refractivity contribution in [2.75, 3.05) is 7.11 Å². The molecule has 0 unspecified atom stereocenters. The predicted molar refractivity (Wildman–Crippen MR) is 81.8 cm³/mol. The fourth-order valence-corrected chi connectivity index (χ4v) is 3.96. The Morgan fingerprint density at radius 3 is 2.58 bits per heavy atom. The molecule has 0 amide bonds. The van der Waals surface area contributed by atoms with Crippen molar-refractivity contribution >= 4 is 15.9 Å². The van der Waals surface area contributed by atoms with Gasteiger partial charge in [0.1, 0.15) is 5.75 Å². The highest BCUT2D eigenvalue weighted by Gasteiger charge is 2.38. The lowest BCUT2D eigenvalue weighted by molar-refractivity contribution is 0.402. The third-order valence-electron chi connectivity index (χ3n) is 4.58. The van der Waals surface area contributed by atoms with Crippen molar-refractivity contribution in [3.63, 3.8) is 0 Å². The van der Waals surface area contributed by atoms with Crippen molar-refractivity contribution in [3.8, 4) is 5.75 Å². The van der Waals surface area contributed by atoms with E-state index < -0.39 is 0 Å². The maximum atomic E-state index is 6.26. The van der Waals surface area contributed by atoms with E-state index in [0.29, 0.717) is 5.92 Å². The Morgan fingerprint density at radius 2 is 2.00 bits per heavy atom. The van der Waals surface area contributed by atoms with Crippen molar-refractivity contribution in [3.05, 3.63) is 27.7 Å². The fraction of sp³-hybridized carbons (Fsp3) is 0.625. The van der Waals surface area contributed by atoms with Crippen LogP contribution in [0.15, 0.2) is 16.6 Å². The zero-order valence-corrected chi connectivity index (χ0v) is 13.1. The van der Waals surface area contributed by atoms with Crippen LogP contribution >= 0.6 is 15.9 Å². The van der Waals surface area contributed by atoms with Crippen LogP contribution in [0.5, 0.6) is 5.75 Å². The molecule has 0 radical (unpaired) electrons. The van der Waals surface area contributed by atoms with Gasteiger partial charge in [0.2, 0.25) is 0 Å². The summed E-state index contributed by atoms with van der Waals surface area (Å²) in [5.74, 6) is 1.69. The largest absolute Gasteiger partial charge is 0.495 e. The van der Waals surface area contributed by atoms with E-state index in [1.54, 1.807) is 7.11 Å². The molecule has 104 valence electrons. The number of nitrogens with two attached hydrogens (primary N) is 1. The first kappa shape index (κ1) is 13.4. The molecule has 2 fully saturated rings. The first-order valence-electron chi connectivity index (χ1n) is 7.26. The summed E-state index contributed by atoms with van der Waals surface area (Å²) in [5.41, 5.74) is 9.07. The molecule has 0 atom stereocenters. The minimum Gasteiger partial charge on any atom is -0.495 e. The summed E-state index contributed by atoms with van der Waals surface area (Å²) in [6.45, 7) is 0. The molecule has 3 heteroatoms. The van der Waals surface area contributed by atoms with Crippen LogP contribution in [0.3, 0.4) is 0 Å². The maximum Gasteiger partial charge on any atom is 0.136 e. The number of hydrogen-bond acceptors (Lipinski definition) is 2. The topological polar surface area (TPSA) is 35.2 Å². The monoisotopic (exact) mass is 323 g/mol. The number of rotatable bonds is 4. The first-order chi connectivity index (χ1) is 9.11. The number of benzene rings is 1. The lowest BCUT2D eigenvalue weighted by Crippen LogP contribution is -2.24. The number of hydrogen-bond donors (Lipinski definition) is 1. The second-order valence-electron chi connectivity index (χ2n) is 6.22. The van der Waals surface area contributed by atoms with Crippen molar-refractivity contribution in [2.45, 2.75) is 56.4 Å². The van der Waals surface area contributed by atoms with E-state index in [9.17, 15) is 0 Å². The molecule has 19 heavy (non-hydrogen) atoms. The molecule has 0 saturated heterocycles. The van der Waals surface area contributed by atoms with Gasteiger partial charge in [0, 0.05) is 5.54 Å². The third kappa shape index (κ3) is 2.82. The van der Waals surface area contributed by atoms with Crippen molar-refractivity contribution in [2.24, 2.45) is 5.73 Å². The molecule has 1 aromatic rings. The van der Waals surface area contributed by atoms with Gasteiger partial charge >= 0.3 is 0 Å². The summed E-state index contributed by atoms with van der Waals surface area (Å²) in [5, 5.41) is 0. The SMILES string of the molecule is COc1c(Br)cc(CC2(N)CC2)cc1C1CCCC1. The Morgan fingerprint density at radius 1 is 1.32 bits per heavy atom. The van der Waals surface area contributed by atoms with Gasteiger partial charge in [-0.15, -0.1) is 0 Å². The van der Waals surface area contributed by atoms with Crippen LogP contribution in [0.1, 0.15) is 55.6 Å². The minimum absolute atomic E-state index is 0.0704. The predicted octanol–water partition coefficient (Wildman–Crippen LogP) is 4.15. The van der Waals surface area contributed by atoms with Crippen LogP contribution < -0.4 is 10.5 Å². The fourth-order valence-electron chi connectivity index (χ4n) is 3.27. The molecule has 2 aliphatic rings. The highest BCUT2D eigenvalue weighted by atomic mass is 79.9. The van der Waals surface area contributed by atoms with E-state index in [1.165, 1.54) is 36.8 Å². The quantitative estimate of drug-likeness (QED) is 0.903. The summed E-state index contributed by atoms with van der Waals surface area (Å²) >= 11 is 3.67.